The van der Waals surface area contributed by atoms with Crippen molar-refractivity contribution in [3.8, 4) is 0 Å². The van der Waals surface area contributed by atoms with E-state index >= 15 is 0 Å². The highest BCUT2D eigenvalue weighted by molar-refractivity contribution is 8.01. The van der Waals surface area contributed by atoms with E-state index in [1.807, 2.05) is 0 Å². The molecule has 1 aliphatic rings. The van der Waals surface area contributed by atoms with E-state index in [0.29, 0.717) is 16.2 Å². The highest BCUT2D eigenvalue weighted by atomic mass is 35.5. The van der Waals surface area contributed by atoms with E-state index in [9.17, 15) is 0 Å². The van der Waals surface area contributed by atoms with Crippen LogP contribution in [-0.2, 0) is 0 Å². The zero-order valence-electron chi connectivity index (χ0n) is 9.13. The van der Waals surface area contributed by atoms with Gasteiger partial charge >= 0.3 is 0 Å². The molecule has 18 heavy (non-hydrogen) atoms. The predicted molar refractivity (Wildman–Crippen MR) is 72.1 cm³/mol. The molecule has 0 spiro atoms. The second kappa shape index (κ2) is 4.87. The van der Waals surface area contributed by atoms with E-state index in [0.717, 1.165) is 9.47 Å². The number of aromatic nitrogens is 4. The molecule has 2 aromatic heterocycles. The summed E-state index contributed by atoms with van der Waals surface area (Å²) in [5.74, 6) is 0.158. The Hall–Kier alpha value is -1.12. The summed E-state index contributed by atoms with van der Waals surface area (Å²) in [6, 6.07) is 2.22. The van der Waals surface area contributed by atoms with Crippen LogP contribution in [0.4, 0.5) is 11.1 Å². The van der Waals surface area contributed by atoms with Gasteiger partial charge in [0, 0.05) is 12.1 Å². The zero-order chi connectivity index (χ0) is 12.5. The first-order valence-electron chi connectivity index (χ1n) is 5.27. The molecule has 1 saturated carbocycles. The van der Waals surface area contributed by atoms with Crippen molar-refractivity contribution in [2.45, 2.75) is 28.2 Å². The van der Waals surface area contributed by atoms with Gasteiger partial charge in [0.25, 0.3) is 0 Å². The minimum Gasteiger partial charge on any atom is -0.368 e. The highest BCUT2D eigenvalue weighted by Crippen LogP contribution is 2.33. The Morgan fingerprint density at radius 1 is 1.39 bits per heavy atom. The number of nitrogens with one attached hydrogen (secondary N) is 1. The van der Waals surface area contributed by atoms with Gasteiger partial charge in [0.2, 0.25) is 11.1 Å². The monoisotopic (exact) mass is 300 g/mol. The average Bonchev–Trinajstić information content (AvgIpc) is 2.98. The second-order valence-corrected chi connectivity index (χ2v) is 6.41. The molecule has 0 unspecified atom stereocenters. The van der Waals surface area contributed by atoms with Crippen LogP contribution in [0.3, 0.4) is 0 Å². The van der Waals surface area contributed by atoms with Crippen LogP contribution in [0.5, 0.6) is 0 Å². The summed E-state index contributed by atoms with van der Waals surface area (Å²) in [6.07, 6.45) is 2.42. The van der Waals surface area contributed by atoms with Gasteiger partial charge in [-0.1, -0.05) is 22.9 Å². The van der Waals surface area contributed by atoms with Crippen LogP contribution in [0.25, 0.3) is 0 Å². The summed E-state index contributed by atoms with van der Waals surface area (Å²) in [7, 11) is 0. The summed E-state index contributed by atoms with van der Waals surface area (Å²) < 4.78 is 0.798. The van der Waals surface area contributed by atoms with Crippen molar-refractivity contribution in [3.63, 3.8) is 0 Å². The fraction of sp³-hybridized carbons (Fsp3) is 0.333. The van der Waals surface area contributed by atoms with Gasteiger partial charge in [-0.05, 0) is 24.6 Å². The molecule has 6 nitrogen and oxygen atoms in total. The van der Waals surface area contributed by atoms with Crippen LogP contribution in [0.15, 0.2) is 15.4 Å². The van der Waals surface area contributed by atoms with E-state index in [4.69, 9.17) is 17.3 Å². The van der Waals surface area contributed by atoms with Gasteiger partial charge < -0.3 is 11.1 Å². The summed E-state index contributed by atoms with van der Waals surface area (Å²) in [4.78, 5) is 7.88. The minimum atomic E-state index is 0.158. The highest BCUT2D eigenvalue weighted by Gasteiger charge is 2.22. The maximum Gasteiger partial charge on any atom is 0.222 e. The molecular weight excluding hydrogens is 292 g/mol. The maximum atomic E-state index is 5.81. The summed E-state index contributed by atoms with van der Waals surface area (Å²) >= 11 is 8.68. The van der Waals surface area contributed by atoms with E-state index in [1.165, 1.54) is 35.9 Å². The molecule has 0 bridgehead atoms. The number of nitrogens with zero attached hydrogens (tertiary/aromatic N) is 4. The Balaban J connectivity index is 1.72. The van der Waals surface area contributed by atoms with E-state index in [1.54, 1.807) is 6.07 Å². The van der Waals surface area contributed by atoms with Crippen LogP contribution in [0.2, 0.25) is 5.15 Å². The molecule has 94 valence electrons. The topological polar surface area (TPSA) is 89.6 Å². The van der Waals surface area contributed by atoms with Crippen molar-refractivity contribution < 1.29 is 0 Å². The Kier molecular flexibility index (Phi) is 3.23. The number of hydrogen-bond donors (Lipinski definition) is 2. The average molecular weight is 301 g/mol. The molecule has 0 radical (unpaired) electrons. The molecule has 0 aromatic carbocycles. The van der Waals surface area contributed by atoms with Crippen LogP contribution in [0.1, 0.15) is 12.8 Å². The van der Waals surface area contributed by atoms with Crippen molar-refractivity contribution >= 4 is 45.8 Å². The van der Waals surface area contributed by atoms with E-state index < -0.39 is 0 Å². The van der Waals surface area contributed by atoms with E-state index in [2.05, 4.69) is 25.5 Å². The Morgan fingerprint density at radius 2 is 2.22 bits per heavy atom. The zero-order valence-corrected chi connectivity index (χ0v) is 11.5. The van der Waals surface area contributed by atoms with Crippen LogP contribution >= 0.6 is 34.7 Å². The molecule has 0 atom stereocenters. The van der Waals surface area contributed by atoms with Crippen LogP contribution in [0, 0.1) is 0 Å². The van der Waals surface area contributed by atoms with Gasteiger partial charge in [0.15, 0.2) is 4.34 Å². The lowest BCUT2D eigenvalue weighted by Crippen LogP contribution is -1.99. The smallest absolute Gasteiger partial charge is 0.222 e. The van der Waals surface area contributed by atoms with Crippen LogP contribution < -0.4 is 11.1 Å². The van der Waals surface area contributed by atoms with Gasteiger partial charge in [-0.2, -0.15) is 0 Å². The van der Waals surface area contributed by atoms with Crippen LogP contribution in [-0.4, -0.2) is 26.2 Å². The fourth-order valence-electron chi connectivity index (χ4n) is 1.27. The number of nitrogens with two attached hydrogens (primary N) is 1. The van der Waals surface area contributed by atoms with Crippen molar-refractivity contribution in [2.75, 3.05) is 11.1 Å². The third-order valence-electron chi connectivity index (χ3n) is 2.19. The van der Waals surface area contributed by atoms with Crippen molar-refractivity contribution in [1.29, 1.82) is 0 Å². The SMILES string of the molecule is Nc1nc(Cl)cc(Sc2nnc(NC3CC3)s2)n1. The molecular formula is C9H9ClN6S2. The van der Waals surface area contributed by atoms with Gasteiger partial charge in [-0.25, -0.2) is 9.97 Å². The summed E-state index contributed by atoms with van der Waals surface area (Å²) in [5.41, 5.74) is 5.53. The number of hydrogen-bond acceptors (Lipinski definition) is 8. The third-order valence-corrected chi connectivity index (χ3v) is 4.21. The standard InChI is InChI=1S/C9H9ClN6S2/c10-5-3-6(14-7(11)13-5)17-9-16-15-8(18-9)12-4-1-2-4/h3-4H,1-2H2,(H,12,15)(H2,11,13,14). The Bertz CT molecular complexity index is 550. The summed E-state index contributed by atoms with van der Waals surface area (Å²) in [6.45, 7) is 0. The van der Waals surface area contributed by atoms with Gasteiger partial charge in [-0.15, -0.1) is 10.2 Å². The van der Waals surface area contributed by atoms with Crippen molar-refractivity contribution in [2.24, 2.45) is 0 Å². The number of anilines is 2. The second-order valence-electron chi connectivity index (χ2n) is 3.78. The lowest BCUT2D eigenvalue weighted by atomic mass is 10.7. The molecule has 3 N–H and O–H groups in total. The molecule has 2 aromatic rings. The van der Waals surface area contributed by atoms with E-state index in [-0.39, 0.29) is 5.95 Å². The lowest BCUT2D eigenvalue weighted by Gasteiger charge is -1.98. The van der Waals surface area contributed by atoms with Crippen molar-refractivity contribution in [1.82, 2.24) is 20.2 Å². The first-order chi connectivity index (χ1) is 8.69. The maximum absolute atomic E-state index is 5.81. The molecule has 2 heterocycles. The Morgan fingerprint density at radius 3 is 2.94 bits per heavy atom. The third kappa shape index (κ3) is 3.01. The quantitative estimate of drug-likeness (QED) is 0.837. The molecule has 9 heteroatoms. The predicted octanol–water partition coefficient (Wildman–Crippen LogP) is 2.29. The molecule has 1 fully saturated rings. The number of halogens is 1. The molecule has 1 aliphatic carbocycles. The molecule has 0 saturated heterocycles. The minimum absolute atomic E-state index is 0.158. The largest absolute Gasteiger partial charge is 0.368 e. The van der Waals surface area contributed by atoms with Gasteiger partial charge in [0.05, 0.1) is 0 Å². The summed E-state index contributed by atoms with van der Waals surface area (Å²) in [5, 5.41) is 13.3. The fourth-order valence-corrected chi connectivity index (χ4v) is 3.31. The first-order valence-corrected chi connectivity index (χ1v) is 7.28. The molecule has 3 rings (SSSR count). The number of rotatable bonds is 4. The Labute approximate surface area is 116 Å². The molecule has 0 amide bonds. The van der Waals surface area contributed by atoms with Gasteiger partial charge in [-0.3, -0.25) is 0 Å². The normalized spacial score (nSPS) is 14.7. The number of nitrogen functional groups attached to an aromatic ring is 1. The molecule has 0 aliphatic heterocycles. The lowest BCUT2D eigenvalue weighted by molar-refractivity contribution is 0.989. The first kappa shape index (κ1) is 11.9. The van der Waals surface area contributed by atoms with Crippen molar-refractivity contribution in [3.05, 3.63) is 11.2 Å². The van der Waals surface area contributed by atoms with Gasteiger partial charge in [0.1, 0.15) is 10.2 Å².